The van der Waals surface area contributed by atoms with E-state index in [1.165, 1.54) is 0 Å². The molecular weight excluding hydrogens is 218 g/mol. The van der Waals surface area contributed by atoms with Gasteiger partial charge in [0, 0.05) is 20.0 Å². The van der Waals surface area contributed by atoms with Crippen LogP contribution in [0.5, 0.6) is 0 Å². The Morgan fingerprint density at radius 2 is 2.00 bits per heavy atom. The van der Waals surface area contributed by atoms with E-state index in [4.69, 9.17) is 4.42 Å². The molecule has 0 radical (unpaired) electrons. The van der Waals surface area contributed by atoms with Crippen LogP contribution in [0.15, 0.2) is 4.42 Å². The lowest BCUT2D eigenvalue weighted by atomic mass is 10.3. The summed E-state index contributed by atoms with van der Waals surface area (Å²) in [5.41, 5.74) is 0.840. The second-order valence-corrected chi connectivity index (χ2v) is 3.77. The molecule has 0 unspecified atom stereocenters. The van der Waals surface area contributed by atoms with E-state index in [0.29, 0.717) is 11.7 Å². The lowest BCUT2D eigenvalue weighted by Gasteiger charge is -2.06. The summed E-state index contributed by atoms with van der Waals surface area (Å²) in [6, 6.07) is 0. The van der Waals surface area contributed by atoms with E-state index in [-0.39, 0.29) is 0 Å². The number of nitrogens with one attached hydrogen (secondary N) is 1. The summed E-state index contributed by atoms with van der Waals surface area (Å²) >= 11 is 0. The highest BCUT2D eigenvalue weighted by Crippen LogP contribution is 2.24. The first-order valence-electron chi connectivity index (χ1n) is 5.78. The fourth-order valence-electron chi connectivity index (χ4n) is 1.80. The van der Waals surface area contributed by atoms with Gasteiger partial charge in [-0.2, -0.15) is 0 Å². The molecule has 92 valence electrons. The van der Waals surface area contributed by atoms with E-state index < -0.39 is 0 Å². The highest BCUT2D eigenvalue weighted by atomic mass is 16.4. The van der Waals surface area contributed by atoms with Crippen molar-refractivity contribution in [3.63, 3.8) is 0 Å². The SMILES string of the molecule is CCNc1nnc(-c2oc(C)nc2C)n1CC. The van der Waals surface area contributed by atoms with Gasteiger partial charge in [0.05, 0.1) is 5.69 Å². The highest BCUT2D eigenvalue weighted by molar-refractivity contribution is 5.53. The van der Waals surface area contributed by atoms with Gasteiger partial charge in [0.2, 0.25) is 11.8 Å². The molecule has 2 rings (SSSR count). The van der Waals surface area contributed by atoms with Gasteiger partial charge in [0.1, 0.15) is 0 Å². The Labute approximate surface area is 100 Å². The molecule has 0 saturated carbocycles. The average molecular weight is 235 g/mol. The van der Waals surface area contributed by atoms with Crippen molar-refractivity contribution in [2.75, 3.05) is 11.9 Å². The fourth-order valence-corrected chi connectivity index (χ4v) is 1.80. The van der Waals surface area contributed by atoms with Gasteiger partial charge in [-0.05, 0) is 20.8 Å². The van der Waals surface area contributed by atoms with Crippen molar-refractivity contribution in [3.05, 3.63) is 11.6 Å². The predicted octanol–water partition coefficient (Wildman–Crippen LogP) is 2.00. The first-order valence-corrected chi connectivity index (χ1v) is 5.78. The maximum Gasteiger partial charge on any atom is 0.224 e. The van der Waals surface area contributed by atoms with Gasteiger partial charge in [-0.15, -0.1) is 10.2 Å². The van der Waals surface area contributed by atoms with Crippen molar-refractivity contribution in [1.82, 2.24) is 19.7 Å². The van der Waals surface area contributed by atoms with Crippen LogP contribution in [0.4, 0.5) is 5.95 Å². The van der Waals surface area contributed by atoms with Crippen LogP contribution in [0.25, 0.3) is 11.6 Å². The van der Waals surface area contributed by atoms with Crippen molar-refractivity contribution in [1.29, 1.82) is 0 Å². The molecule has 0 bridgehead atoms. The molecule has 0 aliphatic carbocycles. The van der Waals surface area contributed by atoms with E-state index >= 15 is 0 Å². The average Bonchev–Trinajstić information content (AvgIpc) is 2.82. The van der Waals surface area contributed by atoms with Crippen LogP contribution in [-0.2, 0) is 6.54 Å². The number of aryl methyl sites for hydroxylation is 2. The number of oxazole rings is 1. The molecule has 1 N–H and O–H groups in total. The molecule has 0 atom stereocenters. The third-order valence-electron chi connectivity index (χ3n) is 2.51. The van der Waals surface area contributed by atoms with Gasteiger partial charge >= 0.3 is 0 Å². The Morgan fingerprint density at radius 1 is 1.24 bits per heavy atom. The zero-order valence-electron chi connectivity index (χ0n) is 10.6. The summed E-state index contributed by atoms with van der Waals surface area (Å²) < 4.78 is 7.55. The number of hydrogen-bond acceptors (Lipinski definition) is 5. The van der Waals surface area contributed by atoms with Crippen LogP contribution >= 0.6 is 0 Å². The molecule has 2 aromatic heterocycles. The third kappa shape index (κ3) is 2.02. The second-order valence-electron chi connectivity index (χ2n) is 3.77. The van der Waals surface area contributed by atoms with Gasteiger partial charge in [-0.25, -0.2) is 4.98 Å². The summed E-state index contributed by atoms with van der Waals surface area (Å²) in [6.07, 6.45) is 0. The van der Waals surface area contributed by atoms with Crippen molar-refractivity contribution in [3.8, 4) is 11.6 Å². The smallest absolute Gasteiger partial charge is 0.224 e. The number of hydrogen-bond donors (Lipinski definition) is 1. The monoisotopic (exact) mass is 235 g/mol. The Hall–Kier alpha value is -1.85. The Morgan fingerprint density at radius 3 is 2.53 bits per heavy atom. The van der Waals surface area contributed by atoms with E-state index in [1.54, 1.807) is 0 Å². The molecule has 2 heterocycles. The molecule has 6 heteroatoms. The van der Waals surface area contributed by atoms with Gasteiger partial charge in [0.25, 0.3) is 0 Å². The molecule has 0 saturated heterocycles. The number of nitrogens with zero attached hydrogens (tertiary/aromatic N) is 4. The summed E-state index contributed by atoms with van der Waals surface area (Å²) in [5, 5.41) is 11.5. The molecule has 0 amide bonds. The van der Waals surface area contributed by atoms with Gasteiger partial charge in [-0.1, -0.05) is 0 Å². The van der Waals surface area contributed by atoms with Crippen molar-refractivity contribution in [2.24, 2.45) is 0 Å². The highest BCUT2D eigenvalue weighted by Gasteiger charge is 2.18. The van der Waals surface area contributed by atoms with Crippen molar-refractivity contribution < 1.29 is 4.42 Å². The molecule has 0 aliphatic rings. The fraction of sp³-hybridized carbons (Fsp3) is 0.545. The molecule has 6 nitrogen and oxygen atoms in total. The third-order valence-corrected chi connectivity index (χ3v) is 2.51. The number of aromatic nitrogens is 4. The van der Waals surface area contributed by atoms with E-state index in [1.807, 2.05) is 32.3 Å². The summed E-state index contributed by atoms with van der Waals surface area (Å²) in [5.74, 6) is 2.83. The zero-order chi connectivity index (χ0) is 12.4. The molecule has 17 heavy (non-hydrogen) atoms. The van der Waals surface area contributed by atoms with Gasteiger partial charge < -0.3 is 9.73 Å². The predicted molar refractivity (Wildman–Crippen MR) is 64.8 cm³/mol. The number of rotatable bonds is 4. The largest absolute Gasteiger partial charge is 0.437 e. The number of anilines is 1. The minimum Gasteiger partial charge on any atom is -0.437 e. The Bertz CT molecular complexity index is 514. The summed E-state index contributed by atoms with van der Waals surface area (Å²) in [4.78, 5) is 4.25. The molecular formula is C11H17N5O. The quantitative estimate of drug-likeness (QED) is 0.877. The van der Waals surface area contributed by atoms with Crippen LogP contribution in [0, 0.1) is 13.8 Å². The van der Waals surface area contributed by atoms with Crippen LogP contribution < -0.4 is 5.32 Å². The van der Waals surface area contributed by atoms with Crippen LogP contribution in [0.2, 0.25) is 0 Å². The van der Waals surface area contributed by atoms with Crippen LogP contribution in [-0.4, -0.2) is 26.3 Å². The lowest BCUT2D eigenvalue weighted by molar-refractivity contribution is 0.526. The van der Waals surface area contributed by atoms with E-state index in [0.717, 1.165) is 30.6 Å². The first-order chi connectivity index (χ1) is 8.17. The standard InChI is InChI=1S/C11H17N5O/c1-5-12-11-15-14-10(16(11)6-2)9-7(3)13-8(4)17-9/h5-6H2,1-4H3,(H,12,15). The minimum absolute atomic E-state index is 0.646. The van der Waals surface area contributed by atoms with Gasteiger partial charge in [0.15, 0.2) is 11.7 Å². The normalized spacial score (nSPS) is 10.8. The van der Waals surface area contributed by atoms with Crippen molar-refractivity contribution >= 4 is 5.95 Å². The van der Waals surface area contributed by atoms with Crippen LogP contribution in [0.1, 0.15) is 25.4 Å². The first kappa shape index (κ1) is 11.6. The minimum atomic E-state index is 0.646. The maximum atomic E-state index is 5.57. The van der Waals surface area contributed by atoms with Crippen LogP contribution in [0.3, 0.4) is 0 Å². The summed E-state index contributed by atoms with van der Waals surface area (Å²) in [6.45, 7) is 9.41. The van der Waals surface area contributed by atoms with E-state index in [2.05, 4.69) is 20.5 Å². The molecule has 0 aromatic carbocycles. The molecule has 2 aromatic rings. The summed E-state index contributed by atoms with van der Waals surface area (Å²) in [7, 11) is 0. The molecule has 0 fully saturated rings. The molecule has 0 aliphatic heterocycles. The zero-order valence-corrected chi connectivity index (χ0v) is 10.6. The maximum absolute atomic E-state index is 5.57. The molecule has 0 spiro atoms. The Balaban J connectivity index is 2.48. The lowest BCUT2D eigenvalue weighted by Crippen LogP contribution is -2.06. The second kappa shape index (κ2) is 4.57. The van der Waals surface area contributed by atoms with Crippen molar-refractivity contribution in [2.45, 2.75) is 34.2 Å². The van der Waals surface area contributed by atoms with E-state index in [9.17, 15) is 0 Å². The topological polar surface area (TPSA) is 68.8 Å². The Kier molecular flexibility index (Phi) is 3.12. The van der Waals surface area contributed by atoms with Gasteiger partial charge in [-0.3, -0.25) is 4.57 Å².